The van der Waals surface area contributed by atoms with Crippen molar-refractivity contribution in [3.05, 3.63) is 11.1 Å². The summed E-state index contributed by atoms with van der Waals surface area (Å²) in [5.74, 6) is 1.27. The van der Waals surface area contributed by atoms with Gasteiger partial charge in [-0.25, -0.2) is 0 Å². The number of hydrogen-bond donors (Lipinski definition) is 1. The van der Waals surface area contributed by atoms with Gasteiger partial charge in [-0.15, -0.1) is 0 Å². The van der Waals surface area contributed by atoms with Gasteiger partial charge in [-0.05, 0) is 19.9 Å². The molecule has 0 radical (unpaired) electrons. The molecule has 0 aromatic carbocycles. The number of likely N-dealkylation sites (N-methyl/N-ethyl adjacent to an activating group) is 1. The molecule has 1 aromatic rings. The molecule has 23 heavy (non-hydrogen) atoms. The second-order valence-electron chi connectivity index (χ2n) is 6.44. The maximum atomic E-state index is 6.20. The lowest BCUT2D eigenvalue weighted by atomic mass is 10.0. The van der Waals surface area contributed by atoms with E-state index < -0.39 is 0 Å². The van der Waals surface area contributed by atoms with E-state index in [2.05, 4.69) is 26.7 Å². The topological polar surface area (TPSA) is 57.9 Å². The van der Waals surface area contributed by atoms with Crippen LogP contribution in [0.15, 0.2) is 6.07 Å². The molecule has 0 amide bonds. The average molecular weight is 340 g/mol. The lowest BCUT2D eigenvalue weighted by Crippen LogP contribution is -2.52. The van der Waals surface area contributed by atoms with Gasteiger partial charge in [-0.3, -0.25) is 4.90 Å². The van der Waals surface area contributed by atoms with Gasteiger partial charge < -0.3 is 20.3 Å². The average Bonchev–Trinajstić information content (AvgIpc) is 2.58. The van der Waals surface area contributed by atoms with Gasteiger partial charge >= 0.3 is 0 Å². The van der Waals surface area contributed by atoms with Crippen LogP contribution in [0.3, 0.4) is 0 Å². The SMILES string of the molecule is COc1cc(Cl)c(N)c(N2CCC(N3CCN(C)CC3)CC2)n1. The first-order chi connectivity index (χ1) is 11.1. The molecular weight excluding hydrogens is 314 g/mol. The summed E-state index contributed by atoms with van der Waals surface area (Å²) in [5, 5.41) is 0.507. The number of pyridine rings is 1. The van der Waals surface area contributed by atoms with Gasteiger partial charge in [0.1, 0.15) is 0 Å². The van der Waals surface area contributed by atoms with Crippen LogP contribution in [0.4, 0.5) is 11.5 Å². The third-order valence-corrected chi connectivity index (χ3v) is 5.30. The highest BCUT2D eigenvalue weighted by Gasteiger charge is 2.28. The third-order valence-electron chi connectivity index (χ3n) is 4.99. The quantitative estimate of drug-likeness (QED) is 0.901. The Bertz CT molecular complexity index is 540. The number of halogens is 1. The van der Waals surface area contributed by atoms with Crippen molar-refractivity contribution in [3.8, 4) is 5.88 Å². The molecule has 3 heterocycles. The summed E-state index contributed by atoms with van der Waals surface area (Å²) in [6.07, 6.45) is 2.28. The second-order valence-corrected chi connectivity index (χ2v) is 6.85. The van der Waals surface area contributed by atoms with Gasteiger partial charge in [-0.2, -0.15) is 4.98 Å². The molecule has 2 aliphatic heterocycles. The normalized spacial score (nSPS) is 21.6. The van der Waals surface area contributed by atoms with Gasteiger partial charge in [0.15, 0.2) is 5.82 Å². The molecule has 128 valence electrons. The fraction of sp³-hybridized carbons (Fsp3) is 0.688. The molecule has 0 saturated carbocycles. The van der Waals surface area contributed by atoms with Crippen LogP contribution in [0, 0.1) is 0 Å². The zero-order valence-corrected chi connectivity index (χ0v) is 14.7. The maximum absolute atomic E-state index is 6.20. The molecule has 2 saturated heterocycles. The van der Waals surface area contributed by atoms with Crippen molar-refractivity contribution in [2.75, 3.05) is 64.1 Å². The first kappa shape index (κ1) is 16.6. The summed E-state index contributed by atoms with van der Waals surface area (Å²) in [7, 11) is 3.79. The van der Waals surface area contributed by atoms with E-state index in [4.69, 9.17) is 22.1 Å². The van der Waals surface area contributed by atoms with Crippen molar-refractivity contribution >= 4 is 23.1 Å². The van der Waals surface area contributed by atoms with E-state index in [1.54, 1.807) is 13.2 Å². The van der Waals surface area contributed by atoms with E-state index in [1.807, 2.05) is 0 Å². The number of ether oxygens (including phenoxy) is 1. The molecule has 0 bridgehead atoms. The standard InChI is InChI=1S/C16H26ClN5O/c1-20-7-9-21(10-8-20)12-3-5-22(6-4-12)16-15(18)13(17)11-14(19-16)23-2/h11-12H,3-10,18H2,1-2H3. The zero-order valence-electron chi connectivity index (χ0n) is 14.0. The monoisotopic (exact) mass is 339 g/mol. The Balaban J connectivity index is 1.64. The van der Waals surface area contributed by atoms with E-state index in [0.717, 1.165) is 31.7 Å². The molecule has 3 rings (SSSR count). The van der Waals surface area contributed by atoms with E-state index >= 15 is 0 Å². The Hall–Kier alpha value is -1.24. The molecule has 7 heteroatoms. The highest BCUT2D eigenvalue weighted by molar-refractivity contribution is 6.33. The number of nitrogens with zero attached hydrogens (tertiary/aromatic N) is 4. The number of nitrogen functional groups attached to an aromatic ring is 1. The van der Waals surface area contributed by atoms with Gasteiger partial charge in [0, 0.05) is 51.4 Å². The molecule has 2 N–H and O–H groups in total. The Kier molecular flexibility index (Phi) is 5.14. The molecular formula is C16H26ClN5O. The number of piperazine rings is 1. The lowest BCUT2D eigenvalue weighted by molar-refractivity contribution is 0.0981. The minimum Gasteiger partial charge on any atom is -0.481 e. The molecule has 6 nitrogen and oxygen atoms in total. The summed E-state index contributed by atoms with van der Waals surface area (Å²) in [6, 6.07) is 2.33. The fourth-order valence-corrected chi connectivity index (χ4v) is 3.64. The van der Waals surface area contributed by atoms with E-state index in [9.17, 15) is 0 Å². The minimum absolute atomic E-state index is 0.507. The zero-order chi connectivity index (χ0) is 16.4. The Morgan fingerprint density at radius 2 is 1.83 bits per heavy atom. The first-order valence-electron chi connectivity index (χ1n) is 8.26. The van der Waals surface area contributed by atoms with Gasteiger partial charge in [0.25, 0.3) is 0 Å². The van der Waals surface area contributed by atoms with Crippen LogP contribution in [0.5, 0.6) is 5.88 Å². The maximum Gasteiger partial charge on any atom is 0.216 e. The molecule has 0 spiro atoms. The number of piperidine rings is 1. The molecule has 2 fully saturated rings. The Labute approximate surface area is 143 Å². The number of methoxy groups -OCH3 is 1. The molecule has 0 unspecified atom stereocenters. The largest absolute Gasteiger partial charge is 0.481 e. The Morgan fingerprint density at radius 3 is 2.43 bits per heavy atom. The van der Waals surface area contributed by atoms with Crippen LogP contribution >= 0.6 is 11.6 Å². The number of hydrogen-bond acceptors (Lipinski definition) is 6. The van der Waals surface area contributed by atoms with Crippen LogP contribution in [0.25, 0.3) is 0 Å². The minimum atomic E-state index is 0.507. The van der Waals surface area contributed by atoms with Crippen LogP contribution in [-0.2, 0) is 0 Å². The first-order valence-corrected chi connectivity index (χ1v) is 8.64. The second kappa shape index (κ2) is 7.11. The number of aromatic nitrogens is 1. The van der Waals surface area contributed by atoms with Crippen LogP contribution < -0.4 is 15.4 Å². The van der Waals surface area contributed by atoms with E-state index in [-0.39, 0.29) is 0 Å². The van der Waals surface area contributed by atoms with Crippen molar-refractivity contribution in [2.45, 2.75) is 18.9 Å². The molecule has 0 aliphatic carbocycles. The molecule has 1 aromatic heterocycles. The van der Waals surface area contributed by atoms with E-state index in [1.165, 1.54) is 26.2 Å². The van der Waals surface area contributed by atoms with Crippen molar-refractivity contribution in [2.24, 2.45) is 0 Å². The molecule has 0 atom stereocenters. The van der Waals surface area contributed by atoms with Crippen LogP contribution in [0.1, 0.15) is 12.8 Å². The summed E-state index contributed by atoms with van der Waals surface area (Å²) in [5.41, 5.74) is 6.67. The van der Waals surface area contributed by atoms with Crippen molar-refractivity contribution in [1.82, 2.24) is 14.8 Å². The summed E-state index contributed by atoms with van der Waals surface area (Å²) in [6.45, 7) is 6.59. The van der Waals surface area contributed by atoms with E-state index in [0.29, 0.717) is 22.6 Å². The van der Waals surface area contributed by atoms with Crippen molar-refractivity contribution < 1.29 is 4.74 Å². The number of anilines is 2. The van der Waals surface area contributed by atoms with Crippen molar-refractivity contribution in [3.63, 3.8) is 0 Å². The van der Waals surface area contributed by atoms with Crippen LogP contribution in [0.2, 0.25) is 5.02 Å². The summed E-state index contributed by atoms with van der Waals surface area (Å²) < 4.78 is 5.22. The smallest absolute Gasteiger partial charge is 0.216 e. The Morgan fingerprint density at radius 1 is 1.17 bits per heavy atom. The third kappa shape index (κ3) is 3.65. The predicted octanol–water partition coefficient (Wildman–Crippen LogP) is 1.54. The summed E-state index contributed by atoms with van der Waals surface area (Å²) >= 11 is 6.20. The number of rotatable bonds is 3. The highest BCUT2D eigenvalue weighted by Crippen LogP contribution is 2.33. The van der Waals surface area contributed by atoms with Crippen molar-refractivity contribution in [1.29, 1.82) is 0 Å². The lowest BCUT2D eigenvalue weighted by Gasteiger charge is -2.42. The van der Waals surface area contributed by atoms with Gasteiger partial charge in [0.2, 0.25) is 5.88 Å². The van der Waals surface area contributed by atoms with Gasteiger partial charge in [0.05, 0.1) is 17.8 Å². The summed E-state index contributed by atoms with van der Waals surface area (Å²) in [4.78, 5) is 11.8. The fourth-order valence-electron chi connectivity index (χ4n) is 3.47. The predicted molar refractivity (Wildman–Crippen MR) is 94.5 cm³/mol. The van der Waals surface area contributed by atoms with Gasteiger partial charge in [-0.1, -0.05) is 11.6 Å². The molecule has 2 aliphatic rings. The highest BCUT2D eigenvalue weighted by atomic mass is 35.5. The number of nitrogens with two attached hydrogens (primary N) is 1. The van der Waals surface area contributed by atoms with Crippen LogP contribution in [-0.4, -0.2) is 74.3 Å².